The number of ketones is 1. The first kappa shape index (κ1) is 16.7. The lowest BCUT2D eigenvalue weighted by atomic mass is 9.78. The van der Waals surface area contributed by atoms with Crippen molar-refractivity contribution in [2.45, 2.75) is 33.2 Å². The molecule has 1 aliphatic carbocycles. The van der Waals surface area contributed by atoms with Crippen LogP contribution in [-0.4, -0.2) is 21.2 Å². The minimum Gasteiger partial charge on any atom is -0.408 e. The second kappa shape index (κ2) is 5.91. The third-order valence-electron chi connectivity index (χ3n) is 4.36. The van der Waals surface area contributed by atoms with Gasteiger partial charge in [-0.3, -0.25) is 14.2 Å². The summed E-state index contributed by atoms with van der Waals surface area (Å²) < 4.78 is 6.39. The first-order valence-electron chi connectivity index (χ1n) is 8.23. The standard InChI is InChI=1S/C18H17N3O4S/c1-18(2)7-10-15(12(22)8-18)26-16(19-10)20-14(23)9-21-11-5-3-4-6-13(11)25-17(21)24/h3-6H,7-9H2,1-2H3,(H,19,20,23). The second-order valence-corrected chi connectivity index (χ2v) is 8.20. The molecular weight excluding hydrogens is 354 g/mol. The summed E-state index contributed by atoms with van der Waals surface area (Å²) in [5.41, 5.74) is 1.60. The van der Waals surface area contributed by atoms with Crippen LogP contribution < -0.4 is 11.1 Å². The van der Waals surface area contributed by atoms with Gasteiger partial charge in [0.25, 0.3) is 0 Å². The molecule has 1 amide bonds. The molecule has 1 aromatic carbocycles. The molecule has 26 heavy (non-hydrogen) atoms. The molecule has 3 aromatic rings. The monoisotopic (exact) mass is 371 g/mol. The summed E-state index contributed by atoms with van der Waals surface area (Å²) in [5, 5.41) is 3.07. The average Bonchev–Trinajstić information content (AvgIpc) is 3.07. The molecule has 0 unspecified atom stereocenters. The molecule has 0 saturated heterocycles. The number of para-hydroxylation sites is 2. The molecule has 1 aliphatic rings. The van der Waals surface area contributed by atoms with Crippen molar-refractivity contribution in [2.75, 3.05) is 5.32 Å². The second-order valence-electron chi connectivity index (χ2n) is 7.21. The van der Waals surface area contributed by atoms with Gasteiger partial charge >= 0.3 is 5.76 Å². The summed E-state index contributed by atoms with van der Waals surface area (Å²) in [4.78, 5) is 41.6. The molecule has 7 nitrogen and oxygen atoms in total. The Bertz CT molecular complexity index is 1090. The van der Waals surface area contributed by atoms with Crippen molar-refractivity contribution in [1.29, 1.82) is 0 Å². The molecule has 0 spiro atoms. The topological polar surface area (TPSA) is 94.2 Å². The van der Waals surface area contributed by atoms with Gasteiger partial charge in [0.15, 0.2) is 16.5 Å². The van der Waals surface area contributed by atoms with Crippen molar-refractivity contribution < 1.29 is 14.0 Å². The van der Waals surface area contributed by atoms with E-state index in [1.165, 1.54) is 15.9 Å². The number of hydrogen-bond acceptors (Lipinski definition) is 6. The van der Waals surface area contributed by atoms with Crippen LogP contribution in [0.2, 0.25) is 0 Å². The molecule has 0 saturated carbocycles. The fourth-order valence-corrected chi connectivity index (χ4v) is 4.18. The highest BCUT2D eigenvalue weighted by Gasteiger charge is 2.34. The third-order valence-corrected chi connectivity index (χ3v) is 5.41. The molecule has 0 fully saturated rings. The molecule has 8 heteroatoms. The Hall–Kier alpha value is -2.74. The van der Waals surface area contributed by atoms with Gasteiger partial charge in [0.2, 0.25) is 5.91 Å². The Morgan fingerprint density at radius 2 is 2.08 bits per heavy atom. The van der Waals surface area contributed by atoms with Gasteiger partial charge in [-0.1, -0.05) is 37.3 Å². The zero-order chi connectivity index (χ0) is 18.5. The normalized spacial score (nSPS) is 15.8. The maximum Gasteiger partial charge on any atom is 0.420 e. The summed E-state index contributed by atoms with van der Waals surface area (Å²) in [6, 6.07) is 6.92. The van der Waals surface area contributed by atoms with Crippen LogP contribution in [0.5, 0.6) is 0 Å². The van der Waals surface area contributed by atoms with Crippen molar-refractivity contribution in [3.63, 3.8) is 0 Å². The first-order chi connectivity index (χ1) is 12.3. The van der Waals surface area contributed by atoms with E-state index in [4.69, 9.17) is 4.42 Å². The number of amides is 1. The highest BCUT2D eigenvalue weighted by molar-refractivity contribution is 7.17. The average molecular weight is 371 g/mol. The largest absolute Gasteiger partial charge is 0.420 e. The maximum atomic E-state index is 12.4. The zero-order valence-corrected chi connectivity index (χ0v) is 15.2. The van der Waals surface area contributed by atoms with E-state index >= 15 is 0 Å². The van der Waals surface area contributed by atoms with Crippen LogP contribution in [0.15, 0.2) is 33.5 Å². The van der Waals surface area contributed by atoms with E-state index in [0.717, 1.165) is 5.69 Å². The lowest BCUT2D eigenvalue weighted by Gasteiger charge is -2.26. The Balaban J connectivity index is 1.55. The third kappa shape index (κ3) is 2.96. The quantitative estimate of drug-likeness (QED) is 0.764. The molecule has 0 aliphatic heterocycles. The van der Waals surface area contributed by atoms with E-state index < -0.39 is 11.7 Å². The number of oxazole rings is 1. The lowest BCUT2D eigenvalue weighted by Crippen LogP contribution is -2.26. The van der Waals surface area contributed by atoms with E-state index in [9.17, 15) is 14.4 Å². The van der Waals surface area contributed by atoms with Crippen molar-refractivity contribution in [1.82, 2.24) is 9.55 Å². The summed E-state index contributed by atoms with van der Waals surface area (Å²) in [7, 11) is 0. The molecule has 134 valence electrons. The number of carbonyl (C=O) groups excluding carboxylic acids is 2. The Morgan fingerprint density at radius 1 is 1.31 bits per heavy atom. The maximum absolute atomic E-state index is 12.4. The molecule has 0 atom stereocenters. The van der Waals surface area contributed by atoms with Gasteiger partial charge < -0.3 is 9.73 Å². The number of thiazole rings is 1. The number of Topliss-reactive ketones (excluding diaryl/α,β-unsaturated/α-hetero) is 1. The fourth-order valence-electron chi connectivity index (χ4n) is 3.24. The minimum atomic E-state index is -0.586. The van der Waals surface area contributed by atoms with Crippen LogP contribution in [0.4, 0.5) is 5.13 Å². The summed E-state index contributed by atoms with van der Waals surface area (Å²) in [5.74, 6) is -0.917. The van der Waals surface area contributed by atoms with Crippen LogP contribution in [0.25, 0.3) is 11.1 Å². The van der Waals surface area contributed by atoms with Gasteiger partial charge in [-0.2, -0.15) is 0 Å². The predicted molar refractivity (Wildman–Crippen MR) is 97.7 cm³/mol. The van der Waals surface area contributed by atoms with Crippen LogP contribution in [-0.2, 0) is 17.8 Å². The highest BCUT2D eigenvalue weighted by atomic mass is 32.1. The van der Waals surface area contributed by atoms with Gasteiger partial charge in [-0.05, 0) is 24.0 Å². The number of nitrogens with one attached hydrogen (secondary N) is 1. The van der Waals surface area contributed by atoms with Crippen LogP contribution >= 0.6 is 11.3 Å². The Kier molecular flexibility index (Phi) is 3.80. The van der Waals surface area contributed by atoms with Crippen LogP contribution in [0, 0.1) is 5.41 Å². The predicted octanol–water partition coefficient (Wildman–Crippen LogP) is 2.84. The summed E-state index contributed by atoms with van der Waals surface area (Å²) in [6.45, 7) is 3.88. The number of aromatic nitrogens is 2. The SMILES string of the molecule is CC1(C)CC(=O)c2sc(NC(=O)Cn3c(=O)oc4ccccc43)nc2C1. The number of anilines is 1. The number of rotatable bonds is 3. The molecule has 2 aromatic heterocycles. The van der Waals surface area contributed by atoms with Crippen molar-refractivity contribution in [3.8, 4) is 0 Å². The molecule has 4 rings (SSSR count). The minimum absolute atomic E-state index is 0.0614. The van der Waals surface area contributed by atoms with Gasteiger partial charge in [-0.15, -0.1) is 0 Å². The first-order valence-corrected chi connectivity index (χ1v) is 9.05. The number of carbonyl (C=O) groups is 2. The highest BCUT2D eigenvalue weighted by Crippen LogP contribution is 2.38. The van der Waals surface area contributed by atoms with Gasteiger partial charge in [0, 0.05) is 6.42 Å². The number of fused-ring (bicyclic) bond motifs is 2. The molecule has 1 N–H and O–H groups in total. The Labute approximate surface area is 152 Å². The zero-order valence-electron chi connectivity index (χ0n) is 14.4. The molecular formula is C18H17N3O4S. The molecule has 2 heterocycles. The van der Waals surface area contributed by atoms with E-state index in [-0.39, 0.29) is 17.7 Å². The van der Waals surface area contributed by atoms with Crippen molar-refractivity contribution >= 4 is 39.3 Å². The smallest absolute Gasteiger partial charge is 0.408 e. The number of hydrogen-bond donors (Lipinski definition) is 1. The van der Waals surface area contributed by atoms with E-state index in [0.29, 0.717) is 34.0 Å². The number of benzene rings is 1. The molecule has 0 radical (unpaired) electrons. The Morgan fingerprint density at radius 3 is 2.88 bits per heavy atom. The van der Waals surface area contributed by atoms with E-state index in [1.807, 2.05) is 13.8 Å². The molecule has 0 bridgehead atoms. The number of nitrogens with zero attached hydrogens (tertiary/aromatic N) is 2. The summed E-state index contributed by atoms with van der Waals surface area (Å²) >= 11 is 1.19. The van der Waals surface area contributed by atoms with E-state index in [1.54, 1.807) is 24.3 Å². The van der Waals surface area contributed by atoms with Gasteiger partial charge in [0.05, 0.1) is 16.1 Å². The van der Waals surface area contributed by atoms with E-state index in [2.05, 4.69) is 10.3 Å². The van der Waals surface area contributed by atoms with Crippen molar-refractivity contribution in [2.24, 2.45) is 5.41 Å². The van der Waals surface area contributed by atoms with Gasteiger partial charge in [0.1, 0.15) is 6.54 Å². The fraction of sp³-hybridized carbons (Fsp3) is 0.333. The van der Waals surface area contributed by atoms with Crippen molar-refractivity contribution in [3.05, 3.63) is 45.4 Å². The van der Waals surface area contributed by atoms with Gasteiger partial charge in [-0.25, -0.2) is 9.78 Å². The van der Waals surface area contributed by atoms with Crippen LogP contribution in [0.1, 0.15) is 35.6 Å². The van der Waals surface area contributed by atoms with Crippen LogP contribution in [0.3, 0.4) is 0 Å². The summed E-state index contributed by atoms with van der Waals surface area (Å²) in [6.07, 6.45) is 1.18. The lowest BCUT2D eigenvalue weighted by molar-refractivity contribution is -0.116.